The molecule has 92 valence electrons. The summed E-state index contributed by atoms with van der Waals surface area (Å²) in [5, 5.41) is 15.3. The highest BCUT2D eigenvalue weighted by Crippen LogP contribution is 2.27. The van der Waals surface area contributed by atoms with E-state index < -0.39 is 0 Å². The first kappa shape index (κ1) is 11.5. The predicted octanol–water partition coefficient (Wildman–Crippen LogP) is 3.49. The van der Waals surface area contributed by atoms with Crippen molar-refractivity contribution in [3.05, 3.63) is 47.5 Å². The van der Waals surface area contributed by atoms with Gasteiger partial charge in [0.05, 0.1) is 11.3 Å². The molecule has 3 aromatic rings. The Morgan fingerprint density at radius 2 is 2.16 bits per heavy atom. The highest BCUT2D eigenvalue weighted by atomic mass is 32.1. The van der Waals surface area contributed by atoms with Crippen LogP contribution in [0.4, 0.5) is 17.2 Å². The van der Waals surface area contributed by atoms with Crippen LogP contribution in [-0.2, 0) is 0 Å². The Bertz CT molecular complexity index is 785. The van der Waals surface area contributed by atoms with Crippen LogP contribution >= 0.6 is 11.3 Å². The average molecular weight is 266 g/mol. The van der Waals surface area contributed by atoms with E-state index >= 15 is 0 Å². The molecule has 1 aromatic carbocycles. The molecule has 0 aliphatic carbocycles. The third kappa shape index (κ3) is 2.09. The van der Waals surface area contributed by atoms with Gasteiger partial charge >= 0.3 is 0 Å². The first-order valence-corrected chi connectivity index (χ1v) is 6.55. The lowest BCUT2D eigenvalue weighted by Gasteiger charge is -2.09. The summed E-state index contributed by atoms with van der Waals surface area (Å²) in [6.45, 7) is 0. The van der Waals surface area contributed by atoms with E-state index in [0.29, 0.717) is 17.1 Å². The van der Waals surface area contributed by atoms with Crippen LogP contribution in [0.5, 0.6) is 0 Å². The Kier molecular flexibility index (Phi) is 2.78. The van der Waals surface area contributed by atoms with Crippen molar-refractivity contribution in [2.24, 2.45) is 0 Å². The molecule has 0 saturated carbocycles. The molecule has 0 fully saturated rings. The summed E-state index contributed by atoms with van der Waals surface area (Å²) in [5.41, 5.74) is 7.59. The molecular formula is C14H10N4S. The van der Waals surface area contributed by atoms with E-state index in [1.807, 2.05) is 24.3 Å². The first-order valence-electron chi connectivity index (χ1n) is 5.67. The Balaban J connectivity index is 1.99. The van der Waals surface area contributed by atoms with E-state index in [1.165, 1.54) is 10.1 Å². The largest absolute Gasteiger partial charge is 0.395 e. The number of hydrogen-bond acceptors (Lipinski definition) is 5. The number of nitrogens with one attached hydrogen (secondary N) is 1. The van der Waals surface area contributed by atoms with E-state index in [9.17, 15) is 0 Å². The number of pyridine rings is 1. The maximum Gasteiger partial charge on any atom is 0.154 e. The standard InChI is InChI=1S/C14H10N4S/c15-8-10-3-5-17-14(13(10)16)18-11-1-2-12-9(7-11)4-6-19-12/h1-7H,16H2,(H,17,18). The van der Waals surface area contributed by atoms with Crippen LogP contribution in [-0.4, -0.2) is 4.98 Å². The van der Waals surface area contributed by atoms with E-state index in [-0.39, 0.29) is 0 Å². The zero-order valence-electron chi connectivity index (χ0n) is 9.92. The van der Waals surface area contributed by atoms with Crippen molar-refractivity contribution in [2.75, 3.05) is 11.1 Å². The minimum Gasteiger partial charge on any atom is -0.395 e. The van der Waals surface area contributed by atoms with Gasteiger partial charge in [-0.25, -0.2) is 4.98 Å². The molecular weight excluding hydrogens is 256 g/mol. The Hall–Kier alpha value is -2.58. The number of rotatable bonds is 2. The Morgan fingerprint density at radius 1 is 1.26 bits per heavy atom. The second-order valence-corrected chi connectivity index (χ2v) is 4.98. The van der Waals surface area contributed by atoms with Gasteiger partial charge in [-0.1, -0.05) is 0 Å². The van der Waals surface area contributed by atoms with E-state index in [4.69, 9.17) is 11.0 Å². The number of nitrogens with two attached hydrogens (primary N) is 1. The summed E-state index contributed by atoms with van der Waals surface area (Å²) in [5.74, 6) is 0.508. The fourth-order valence-corrected chi connectivity index (χ4v) is 2.62. The fourth-order valence-electron chi connectivity index (χ4n) is 1.85. The van der Waals surface area contributed by atoms with Crippen molar-refractivity contribution in [1.29, 1.82) is 5.26 Å². The number of nitrogens with zero attached hydrogens (tertiary/aromatic N) is 2. The van der Waals surface area contributed by atoms with Crippen LogP contribution < -0.4 is 11.1 Å². The zero-order chi connectivity index (χ0) is 13.2. The molecule has 0 amide bonds. The minimum atomic E-state index is 0.371. The molecule has 0 atom stereocenters. The number of benzene rings is 1. The molecule has 19 heavy (non-hydrogen) atoms. The van der Waals surface area contributed by atoms with Gasteiger partial charge in [0.25, 0.3) is 0 Å². The number of nitriles is 1. The summed E-state index contributed by atoms with van der Waals surface area (Å²) in [4.78, 5) is 4.17. The van der Waals surface area contributed by atoms with Crippen molar-refractivity contribution in [2.45, 2.75) is 0 Å². The maximum atomic E-state index is 8.94. The second kappa shape index (κ2) is 4.59. The Morgan fingerprint density at radius 3 is 3.00 bits per heavy atom. The summed E-state index contributed by atoms with van der Waals surface area (Å²) in [7, 11) is 0. The van der Waals surface area contributed by atoms with Gasteiger partial charge < -0.3 is 11.1 Å². The van der Waals surface area contributed by atoms with Gasteiger partial charge in [0.2, 0.25) is 0 Å². The average Bonchev–Trinajstić information content (AvgIpc) is 2.88. The van der Waals surface area contributed by atoms with Gasteiger partial charge in [-0.05, 0) is 41.1 Å². The summed E-state index contributed by atoms with van der Waals surface area (Å²) in [6, 6.07) is 11.8. The van der Waals surface area contributed by atoms with Crippen LogP contribution in [0.3, 0.4) is 0 Å². The molecule has 5 heteroatoms. The summed E-state index contributed by atoms with van der Waals surface area (Å²) < 4.78 is 1.23. The van der Waals surface area contributed by atoms with E-state index in [2.05, 4.69) is 21.7 Å². The SMILES string of the molecule is N#Cc1ccnc(Nc2ccc3sccc3c2)c1N. The molecule has 0 bridgehead atoms. The molecule has 0 saturated heterocycles. The molecule has 0 aliphatic heterocycles. The minimum absolute atomic E-state index is 0.371. The third-order valence-electron chi connectivity index (χ3n) is 2.83. The van der Waals surface area contributed by atoms with Gasteiger partial charge in [0, 0.05) is 16.6 Å². The van der Waals surface area contributed by atoms with Gasteiger partial charge in [-0.3, -0.25) is 0 Å². The topological polar surface area (TPSA) is 74.7 Å². The van der Waals surface area contributed by atoms with Gasteiger partial charge in [-0.2, -0.15) is 5.26 Å². The molecule has 0 spiro atoms. The molecule has 0 unspecified atom stereocenters. The second-order valence-electron chi connectivity index (χ2n) is 4.03. The molecule has 3 N–H and O–H groups in total. The van der Waals surface area contributed by atoms with E-state index in [0.717, 1.165) is 5.69 Å². The van der Waals surface area contributed by atoms with Crippen LogP contribution in [0, 0.1) is 11.3 Å². The van der Waals surface area contributed by atoms with Gasteiger partial charge in [0.1, 0.15) is 6.07 Å². The van der Waals surface area contributed by atoms with Crippen LogP contribution in [0.25, 0.3) is 10.1 Å². The molecule has 2 aromatic heterocycles. The quantitative estimate of drug-likeness (QED) is 0.744. The zero-order valence-corrected chi connectivity index (χ0v) is 10.7. The number of hydrogen-bond donors (Lipinski definition) is 2. The highest BCUT2D eigenvalue weighted by molar-refractivity contribution is 7.17. The van der Waals surface area contributed by atoms with Crippen LogP contribution in [0.15, 0.2) is 41.9 Å². The number of anilines is 3. The fraction of sp³-hybridized carbons (Fsp3) is 0. The van der Waals surface area contributed by atoms with E-state index in [1.54, 1.807) is 23.6 Å². The van der Waals surface area contributed by atoms with Crippen molar-refractivity contribution < 1.29 is 0 Å². The highest BCUT2D eigenvalue weighted by Gasteiger charge is 2.06. The maximum absolute atomic E-state index is 8.94. The van der Waals surface area contributed by atoms with Crippen molar-refractivity contribution in [3.8, 4) is 6.07 Å². The molecule has 0 aliphatic rings. The number of fused-ring (bicyclic) bond motifs is 1. The third-order valence-corrected chi connectivity index (χ3v) is 3.72. The van der Waals surface area contributed by atoms with Crippen molar-refractivity contribution >= 4 is 38.6 Å². The van der Waals surface area contributed by atoms with Gasteiger partial charge in [-0.15, -0.1) is 11.3 Å². The lowest BCUT2D eigenvalue weighted by molar-refractivity contribution is 1.30. The lowest BCUT2D eigenvalue weighted by atomic mass is 10.2. The molecule has 2 heterocycles. The number of aromatic nitrogens is 1. The smallest absolute Gasteiger partial charge is 0.154 e. The molecule has 4 nitrogen and oxygen atoms in total. The molecule has 0 radical (unpaired) electrons. The molecule has 3 rings (SSSR count). The number of nitrogen functional groups attached to an aromatic ring is 1. The number of thiophene rings is 1. The van der Waals surface area contributed by atoms with Crippen molar-refractivity contribution in [3.63, 3.8) is 0 Å². The lowest BCUT2D eigenvalue weighted by Crippen LogP contribution is -2.01. The van der Waals surface area contributed by atoms with Crippen LogP contribution in [0.2, 0.25) is 0 Å². The Labute approximate surface area is 114 Å². The summed E-state index contributed by atoms with van der Waals surface area (Å²) >= 11 is 1.70. The predicted molar refractivity (Wildman–Crippen MR) is 78.5 cm³/mol. The normalized spacial score (nSPS) is 10.3. The monoisotopic (exact) mass is 266 g/mol. The van der Waals surface area contributed by atoms with Crippen LogP contribution in [0.1, 0.15) is 5.56 Å². The first-order chi connectivity index (χ1) is 9.28. The van der Waals surface area contributed by atoms with Gasteiger partial charge in [0.15, 0.2) is 5.82 Å². The summed E-state index contributed by atoms with van der Waals surface area (Å²) in [6.07, 6.45) is 1.57. The van der Waals surface area contributed by atoms with Crippen molar-refractivity contribution in [1.82, 2.24) is 4.98 Å².